The van der Waals surface area contributed by atoms with Crippen molar-refractivity contribution in [2.24, 2.45) is 0 Å². The van der Waals surface area contributed by atoms with Crippen molar-refractivity contribution in [3.63, 3.8) is 0 Å². The summed E-state index contributed by atoms with van der Waals surface area (Å²) in [4.78, 5) is 23.8. The van der Waals surface area contributed by atoms with Gasteiger partial charge in [0.25, 0.3) is 0 Å². The Morgan fingerprint density at radius 2 is 2.04 bits per heavy atom. The van der Waals surface area contributed by atoms with Crippen molar-refractivity contribution in [2.75, 3.05) is 5.32 Å². The fourth-order valence-electron chi connectivity index (χ4n) is 2.35. The van der Waals surface area contributed by atoms with E-state index in [-0.39, 0.29) is 30.0 Å². The molecule has 3 aromatic rings. The molecule has 122 valence electrons. The van der Waals surface area contributed by atoms with Crippen LogP contribution in [0.15, 0.2) is 57.9 Å². The normalized spacial score (nSPS) is 10.8. The van der Waals surface area contributed by atoms with E-state index >= 15 is 0 Å². The summed E-state index contributed by atoms with van der Waals surface area (Å²) in [5.74, 6) is -0.842. The highest BCUT2D eigenvalue weighted by Gasteiger charge is 2.09. The number of carbonyl (C=O) groups excluding carboxylic acids is 1. The number of nitrogens with one attached hydrogen (secondary N) is 1. The van der Waals surface area contributed by atoms with Gasteiger partial charge in [-0.15, -0.1) is 0 Å². The Labute approximate surface area is 145 Å². The first kappa shape index (κ1) is 16.3. The Hall–Kier alpha value is -2.54. The fourth-order valence-corrected chi connectivity index (χ4v) is 2.68. The predicted octanol–water partition coefficient (Wildman–Crippen LogP) is 3.33. The molecule has 0 saturated heterocycles. The van der Waals surface area contributed by atoms with Crippen LogP contribution in [0.1, 0.15) is 6.42 Å². The summed E-state index contributed by atoms with van der Waals surface area (Å²) in [6.45, 7) is 0.283. The highest BCUT2D eigenvalue weighted by atomic mass is 79.9. The van der Waals surface area contributed by atoms with Crippen LogP contribution in [-0.2, 0) is 11.3 Å². The number of rotatable bonds is 4. The van der Waals surface area contributed by atoms with Gasteiger partial charge in [0.05, 0.1) is 23.9 Å². The topological polar surface area (TPSA) is 64.0 Å². The zero-order valence-corrected chi connectivity index (χ0v) is 14.1. The van der Waals surface area contributed by atoms with Gasteiger partial charge in [-0.05, 0) is 30.3 Å². The molecule has 1 aromatic heterocycles. The molecule has 0 aliphatic heterocycles. The second-order valence-electron chi connectivity index (χ2n) is 5.17. The van der Waals surface area contributed by atoms with E-state index in [2.05, 4.69) is 26.3 Å². The highest BCUT2D eigenvalue weighted by molar-refractivity contribution is 9.10. The molecule has 0 spiro atoms. The minimum Gasteiger partial charge on any atom is -0.324 e. The van der Waals surface area contributed by atoms with Gasteiger partial charge in [-0.3, -0.25) is 14.3 Å². The molecule has 0 radical (unpaired) electrons. The molecule has 0 unspecified atom stereocenters. The molecular formula is C17H13BrFN3O2. The van der Waals surface area contributed by atoms with Crippen LogP contribution in [0.25, 0.3) is 10.9 Å². The van der Waals surface area contributed by atoms with E-state index in [1.165, 1.54) is 18.3 Å². The largest absolute Gasteiger partial charge is 0.324 e. The highest BCUT2D eigenvalue weighted by Crippen LogP contribution is 2.19. The van der Waals surface area contributed by atoms with Crippen LogP contribution in [0, 0.1) is 5.82 Å². The zero-order valence-electron chi connectivity index (χ0n) is 12.5. The number of amides is 1. The van der Waals surface area contributed by atoms with Crippen molar-refractivity contribution in [3.8, 4) is 0 Å². The van der Waals surface area contributed by atoms with Crippen molar-refractivity contribution in [1.29, 1.82) is 0 Å². The molecule has 0 saturated carbocycles. The van der Waals surface area contributed by atoms with Gasteiger partial charge in [-0.2, -0.15) is 5.10 Å². The van der Waals surface area contributed by atoms with Gasteiger partial charge in [0.1, 0.15) is 5.82 Å². The van der Waals surface area contributed by atoms with E-state index in [1.807, 2.05) is 0 Å². The Morgan fingerprint density at radius 3 is 2.83 bits per heavy atom. The van der Waals surface area contributed by atoms with E-state index in [0.29, 0.717) is 15.4 Å². The fraction of sp³-hybridized carbons (Fsp3) is 0.118. The lowest BCUT2D eigenvalue weighted by molar-refractivity contribution is -0.116. The Balaban J connectivity index is 1.73. The van der Waals surface area contributed by atoms with Crippen molar-refractivity contribution in [2.45, 2.75) is 13.0 Å². The van der Waals surface area contributed by atoms with Gasteiger partial charge in [0.15, 0.2) is 0 Å². The quantitative estimate of drug-likeness (QED) is 0.744. The van der Waals surface area contributed by atoms with Crippen LogP contribution in [0.5, 0.6) is 0 Å². The molecular weight excluding hydrogens is 377 g/mol. The van der Waals surface area contributed by atoms with E-state index in [4.69, 9.17) is 0 Å². The molecule has 3 rings (SSSR count). The molecule has 5 nitrogen and oxygen atoms in total. The lowest BCUT2D eigenvalue weighted by Crippen LogP contribution is -2.18. The van der Waals surface area contributed by atoms with Gasteiger partial charge < -0.3 is 5.32 Å². The molecule has 1 N–H and O–H groups in total. The predicted molar refractivity (Wildman–Crippen MR) is 93.3 cm³/mol. The van der Waals surface area contributed by atoms with Crippen LogP contribution in [0.2, 0.25) is 0 Å². The summed E-state index contributed by atoms with van der Waals surface area (Å²) in [5.41, 5.74) is 0.622. The number of carbonyl (C=O) groups is 1. The van der Waals surface area contributed by atoms with Crippen LogP contribution in [0.3, 0.4) is 0 Å². The zero-order chi connectivity index (χ0) is 17.1. The lowest BCUT2D eigenvalue weighted by atomic mass is 10.2. The Morgan fingerprint density at radius 1 is 1.25 bits per heavy atom. The van der Waals surface area contributed by atoms with E-state index in [0.717, 1.165) is 0 Å². The number of benzene rings is 2. The van der Waals surface area contributed by atoms with Gasteiger partial charge >= 0.3 is 0 Å². The summed E-state index contributed by atoms with van der Waals surface area (Å²) in [5, 5.41) is 7.14. The Bertz CT molecular complexity index is 971. The number of hydrogen-bond donors (Lipinski definition) is 1. The Kier molecular flexibility index (Phi) is 4.71. The van der Waals surface area contributed by atoms with Gasteiger partial charge in [-0.1, -0.05) is 28.1 Å². The maximum atomic E-state index is 13.7. The van der Waals surface area contributed by atoms with E-state index in [9.17, 15) is 14.0 Å². The number of hydrogen-bond acceptors (Lipinski definition) is 3. The van der Waals surface area contributed by atoms with Gasteiger partial charge in [0, 0.05) is 16.3 Å². The molecule has 1 heterocycles. The molecule has 24 heavy (non-hydrogen) atoms. The molecule has 0 aliphatic carbocycles. The van der Waals surface area contributed by atoms with Gasteiger partial charge in [0.2, 0.25) is 11.3 Å². The van der Waals surface area contributed by atoms with E-state index in [1.54, 1.807) is 35.0 Å². The molecule has 7 heteroatoms. The van der Waals surface area contributed by atoms with Gasteiger partial charge in [-0.25, -0.2) is 4.39 Å². The minimum absolute atomic E-state index is 0.107. The van der Waals surface area contributed by atoms with E-state index < -0.39 is 5.82 Å². The molecule has 0 bridgehead atoms. The number of fused-ring (bicyclic) bond motifs is 1. The van der Waals surface area contributed by atoms with Crippen molar-refractivity contribution in [3.05, 3.63) is 69.2 Å². The average Bonchev–Trinajstić information content (AvgIpc) is 2.57. The first-order valence-corrected chi connectivity index (χ1v) is 8.03. The number of nitrogens with zero attached hydrogens (tertiary/aromatic N) is 2. The number of aryl methyl sites for hydroxylation is 1. The molecule has 0 aliphatic rings. The SMILES string of the molecule is O=C(CCn1ncc(=O)c2ccccc21)Nc1ccc(Br)cc1F. The maximum Gasteiger partial charge on any atom is 0.226 e. The third-order valence-corrected chi connectivity index (χ3v) is 4.01. The molecule has 0 fully saturated rings. The third-order valence-electron chi connectivity index (χ3n) is 3.52. The lowest BCUT2D eigenvalue weighted by Gasteiger charge is -2.10. The number of halogens is 2. The number of aromatic nitrogens is 2. The minimum atomic E-state index is -0.510. The number of anilines is 1. The molecule has 0 atom stereocenters. The van der Waals surface area contributed by atoms with Crippen LogP contribution in [0.4, 0.5) is 10.1 Å². The summed E-state index contributed by atoms with van der Waals surface area (Å²) < 4.78 is 15.9. The second-order valence-corrected chi connectivity index (χ2v) is 6.09. The summed E-state index contributed by atoms with van der Waals surface area (Å²) >= 11 is 3.16. The van der Waals surface area contributed by atoms with Crippen LogP contribution < -0.4 is 10.7 Å². The third kappa shape index (κ3) is 3.51. The smallest absolute Gasteiger partial charge is 0.226 e. The molecule has 2 aromatic carbocycles. The summed E-state index contributed by atoms with van der Waals surface area (Å²) in [7, 11) is 0. The first-order chi connectivity index (χ1) is 11.5. The first-order valence-electron chi connectivity index (χ1n) is 7.24. The van der Waals surface area contributed by atoms with Crippen molar-refractivity contribution >= 4 is 38.4 Å². The summed E-state index contributed by atoms with van der Waals surface area (Å²) in [6, 6.07) is 11.5. The number of para-hydroxylation sites is 1. The van der Waals surface area contributed by atoms with Crippen molar-refractivity contribution < 1.29 is 9.18 Å². The molecule has 1 amide bonds. The maximum absolute atomic E-state index is 13.7. The van der Waals surface area contributed by atoms with Crippen molar-refractivity contribution in [1.82, 2.24) is 9.78 Å². The standard InChI is InChI=1S/C17H13BrFN3O2/c18-11-5-6-14(13(19)9-11)21-17(24)7-8-22-15-4-2-1-3-12(15)16(23)10-20-22/h1-6,9-10H,7-8H2,(H,21,24). The van der Waals surface area contributed by atoms with Crippen LogP contribution >= 0.6 is 15.9 Å². The average molecular weight is 390 g/mol. The van der Waals surface area contributed by atoms with Crippen LogP contribution in [-0.4, -0.2) is 15.7 Å². The second kappa shape index (κ2) is 6.92. The summed E-state index contributed by atoms with van der Waals surface area (Å²) in [6.07, 6.45) is 1.34. The monoisotopic (exact) mass is 389 g/mol.